The average Bonchev–Trinajstić information content (AvgIpc) is 3.49. The fraction of sp³-hybridized carbons (Fsp3) is 0.500. The predicted octanol–water partition coefficient (Wildman–Crippen LogP) is 4.91. The van der Waals surface area contributed by atoms with Crippen LogP contribution in [0.25, 0.3) is 11.0 Å². The minimum atomic E-state index is -0.540. The minimum Gasteiger partial charge on any atom is -0.466 e. The minimum absolute atomic E-state index is 0.000475. The fourth-order valence-corrected chi connectivity index (χ4v) is 5.68. The van der Waals surface area contributed by atoms with E-state index in [0.717, 1.165) is 40.6 Å². The monoisotopic (exact) mass is 490 g/mol. The standard InChI is InChI=1S/C28H34N4O4/c1-6-35-25(33)16-21(19-9-10-24-23(15-19)29-30-31(24)5)18-8-7-17-13-20-11-12-32(26(20)22(17)14-18)27(34)36-28(2,3)4/h7-10,14-15,20-21,26H,6,11-13,16H2,1-5H3. The summed E-state index contributed by atoms with van der Waals surface area (Å²) in [7, 11) is 1.86. The van der Waals surface area contributed by atoms with E-state index in [9.17, 15) is 9.59 Å². The van der Waals surface area contributed by atoms with E-state index in [1.54, 1.807) is 4.68 Å². The molecule has 1 amide bonds. The highest BCUT2D eigenvalue weighted by atomic mass is 16.6. The Morgan fingerprint density at radius 2 is 1.89 bits per heavy atom. The van der Waals surface area contributed by atoms with Crippen molar-refractivity contribution >= 4 is 23.1 Å². The summed E-state index contributed by atoms with van der Waals surface area (Å²) in [5, 5.41) is 8.39. The van der Waals surface area contributed by atoms with Crippen LogP contribution in [-0.4, -0.2) is 50.7 Å². The first-order valence-corrected chi connectivity index (χ1v) is 12.7. The third-order valence-corrected chi connectivity index (χ3v) is 7.24. The number of benzene rings is 2. The Morgan fingerprint density at radius 1 is 1.14 bits per heavy atom. The van der Waals surface area contributed by atoms with Crippen molar-refractivity contribution in [3.63, 3.8) is 0 Å². The molecule has 1 saturated heterocycles. The lowest BCUT2D eigenvalue weighted by atomic mass is 9.86. The molecule has 1 aliphatic carbocycles. The molecule has 1 aliphatic heterocycles. The molecule has 2 aromatic carbocycles. The second kappa shape index (κ2) is 9.22. The van der Waals surface area contributed by atoms with Gasteiger partial charge in [-0.15, -0.1) is 5.10 Å². The Balaban J connectivity index is 1.51. The molecule has 0 spiro atoms. The van der Waals surface area contributed by atoms with Gasteiger partial charge in [-0.25, -0.2) is 9.48 Å². The quantitative estimate of drug-likeness (QED) is 0.473. The van der Waals surface area contributed by atoms with Gasteiger partial charge in [0.05, 0.1) is 24.6 Å². The Bertz CT molecular complexity index is 1310. The van der Waals surface area contributed by atoms with Crippen molar-refractivity contribution in [1.82, 2.24) is 19.9 Å². The third kappa shape index (κ3) is 4.56. The van der Waals surface area contributed by atoms with E-state index in [2.05, 4.69) is 28.5 Å². The maximum absolute atomic E-state index is 13.0. The van der Waals surface area contributed by atoms with Crippen molar-refractivity contribution < 1.29 is 19.1 Å². The van der Waals surface area contributed by atoms with E-state index in [-0.39, 0.29) is 30.4 Å². The van der Waals surface area contributed by atoms with E-state index in [1.165, 1.54) is 5.56 Å². The molecule has 1 aromatic heterocycles. The number of aromatic nitrogens is 3. The second-order valence-corrected chi connectivity index (χ2v) is 10.9. The summed E-state index contributed by atoms with van der Waals surface area (Å²) in [4.78, 5) is 27.5. The Labute approximate surface area is 211 Å². The Kier molecular flexibility index (Phi) is 6.22. The van der Waals surface area contributed by atoms with Gasteiger partial charge in [-0.3, -0.25) is 4.79 Å². The van der Waals surface area contributed by atoms with E-state index in [0.29, 0.717) is 19.1 Å². The van der Waals surface area contributed by atoms with Crippen LogP contribution in [0, 0.1) is 5.92 Å². The highest BCUT2D eigenvalue weighted by molar-refractivity contribution is 5.77. The van der Waals surface area contributed by atoms with Gasteiger partial charge in [0.1, 0.15) is 11.1 Å². The molecule has 190 valence electrons. The van der Waals surface area contributed by atoms with Gasteiger partial charge in [0.15, 0.2) is 0 Å². The van der Waals surface area contributed by atoms with Crippen LogP contribution in [0.5, 0.6) is 0 Å². The molecule has 0 bridgehead atoms. The second-order valence-electron chi connectivity index (χ2n) is 10.9. The summed E-state index contributed by atoms with van der Waals surface area (Å²) in [6.45, 7) is 8.55. The molecule has 0 N–H and O–H groups in total. The van der Waals surface area contributed by atoms with Crippen molar-refractivity contribution in [2.24, 2.45) is 13.0 Å². The molecule has 5 rings (SSSR count). The van der Waals surface area contributed by atoms with Crippen LogP contribution >= 0.6 is 0 Å². The van der Waals surface area contributed by atoms with Gasteiger partial charge in [0, 0.05) is 19.5 Å². The lowest BCUT2D eigenvalue weighted by Crippen LogP contribution is -2.36. The maximum atomic E-state index is 13.0. The van der Waals surface area contributed by atoms with Crippen molar-refractivity contribution in [2.75, 3.05) is 13.2 Å². The van der Waals surface area contributed by atoms with Gasteiger partial charge in [-0.05, 0) is 80.8 Å². The summed E-state index contributed by atoms with van der Waals surface area (Å²) in [6, 6.07) is 12.5. The Morgan fingerprint density at radius 3 is 2.64 bits per heavy atom. The SMILES string of the molecule is CCOC(=O)CC(c1ccc2c(c1)C1C(CCN1C(=O)OC(C)(C)C)C2)c1ccc2c(c1)nnn2C. The van der Waals surface area contributed by atoms with Crippen LogP contribution in [0.4, 0.5) is 4.79 Å². The molecule has 1 fully saturated rings. The number of fused-ring (bicyclic) bond motifs is 4. The van der Waals surface area contributed by atoms with Crippen molar-refractivity contribution in [3.05, 3.63) is 58.7 Å². The van der Waals surface area contributed by atoms with Crippen LogP contribution in [0.15, 0.2) is 36.4 Å². The number of esters is 1. The molecule has 3 unspecified atom stereocenters. The van der Waals surface area contributed by atoms with Crippen LogP contribution in [0.3, 0.4) is 0 Å². The number of amides is 1. The molecule has 3 aromatic rings. The first kappa shape index (κ1) is 24.3. The zero-order valence-electron chi connectivity index (χ0n) is 21.7. The molecular weight excluding hydrogens is 456 g/mol. The molecular formula is C28H34N4O4. The summed E-state index contributed by atoms with van der Waals surface area (Å²) >= 11 is 0. The van der Waals surface area contributed by atoms with Crippen LogP contribution < -0.4 is 0 Å². The summed E-state index contributed by atoms with van der Waals surface area (Å²) < 4.78 is 12.8. The average molecular weight is 491 g/mol. The third-order valence-electron chi connectivity index (χ3n) is 7.24. The number of carbonyl (C=O) groups excluding carboxylic acids is 2. The van der Waals surface area contributed by atoms with Crippen molar-refractivity contribution in [1.29, 1.82) is 0 Å². The number of nitrogens with zero attached hydrogens (tertiary/aromatic N) is 4. The first-order valence-electron chi connectivity index (χ1n) is 12.7. The lowest BCUT2D eigenvalue weighted by molar-refractivity contribution is -0.143. The number of aryl methyl sites for hydroxylation is 1. The van der Waals surface area contributed by atoms with Gasteiger partial charge < -0.3 is 14.4 Å². The number of hydrogen-bond donors (Lipinski definition) is 0. The van der Waals surface area contributed by atoms with Gasteiger partial charge in [-0.2, -0.15) is 0 Å². The van der Waals surface area contributed by atoms with E-state index in [1.807, 2.05) is 57.8 Å². The van der Waals surface area contributed by atoms with Crippen LogP contribution in [-0.2, 0) is 27.7 Å². The molecule has 8 nitrogen and oxygen atoms in total. The van der Waals surface area contributed by atoms with Crippen molar-refractivity contribution in [3.8, 4) is 0 Å². The number of ether oxygens (including phenoxy) is 2. The normalized spacial score (nSPS) is 19.8. The molecule has 3 atom stereocenters. The Hall–Kier alpha value is -3.42. The van der Waals surface area contributed by atoms with Crippen LogP contribution in [0.1, 0.15) is 74.8 Å². The van der Waals surface area contributed by atoms with Gasteiger partial charge >= 0.3 is 12.1 Å². The van der Waals surface area contributed by atoms with Crippen molar-refractivity contribution in [2.45, 2.75) is 64.5 Å². The van der Waals surface area contributed by atoms with E-state index < -0.39 is 5.60 Å². The number of carbonyl (C=O) groups is 2. The number of likely N-dealkylation sites (tertiary alicyclic amines) is 1. The zero-order chi connectivity index (χ0) is 25.6. The van der Waals surface area contributed by atoms with Gasteiger partial charge in [-0.1, -0.05) is 29.5 Å². The smallest absolute Gasteiger partial charge is 0.410 e. The highest BCUT2D eigenvalue weighted by Gasteiger charge is 2.45. The largest absolute Gasteiger partial charge is 0.466 e. The maximum Gasteiger partial charge on any atom is 0.410 e. The summed E-state index contributed by atoms with van der Waals surface area (Å²) in [5.74, 6) is -0.0465. The lowest BCUT2D eigenvalue weighted by Gasteiger charge is -2.29. The van der Waals surface area contributed by atoms with Crippen LogP contribution in [0.2, 0.25) is 0 Å². The molecule has 2 aliphatic rings. The number of hydrogen-bond acceptors (Lipinski definition) is 6. The highest BCUT2D eigenvalue weighted by Crippen LogP contribution is 2.48. The first-order chi connectivity index (χ1) is 17.1. The molecule has 0 radical (unpaired) electrons. The molecule has 36 heavy (non-hydrogen) atoms. The number of rotatable bonds is 5. The molecule has 2 heterocycles. The summed E-state index contributed by atoms with van der Waals surface area (Å²) in [6.07, 6.45) is 1.88. The topological polar surface area (TPSA) is 86.6 Å². The van der Waals surface area contributed by atoms with E-state index >= 15 is 0 Å². The predicted molar refractivity (Wildman–Crippen MR) is 136 cm³/mol. The molecule has 0 saturated carbocycles. The summed E-state index contributed by atoms with van der Waals surface area (Å²) in [5.41, 5.74) is 5.63. The zero-order valence-corrected chi connectivity index (χ0v) is 21.7. The van der Waals surface area contributed by atoms with E-state index in [4.69, 9.17) is 9.47 Å². The fourth-order valence-electron chi connectivity index (χ4n) is 5.68. The van der Waals surface area contributed by atoms with Gasteiger partial charge in [0.25, 0.3) is 0 Å². The molecule has 8 heteroatoms. The van der Waals surface area contributed by atoms with Gasteiger partial charge in [0.2, 0.25) is 0 Å².